The van der Waals surface area contributed by atoms with Crippen molar-refractivity contribution in [2.24, 2.45) is 5.73 Å². The molecule has 4 N–H and O–H groups in total. The summed E-state index contributed by atoms with van der Waals surface area (Å²) < 4.78 is 40.1. The van der Waals surface area contributed by atoms with Gasteiger partial charge in [-0.05, 0) is 17.5 Å². The molecule has 2 rings (SSSR count). The van der Waals surface area contributed by atoms with E-state index in [1.807, 2.05) is 0 Å². The topological polar surface area (TPSA) is 75.4 Å². The molecule has 1 amide bonds. The number of nitrogens with two attached hydrogens (primary N) is 1. The van der Waals surface area contributed by atoms with Crippen molar-refractivity contribution < 1.29 is 23.1 Å². The van der Waals surface area contributed by atoms with Crippen LogP contribution < -0.4 is 11.1 Å². The van der Waals surface area contributed by atoms with Gasteiger partial charge in [-0.2, -0.15) is 13.2 Å². The third kappa shape index (κ3) is 4.58. The Morgan fingerprint density at radius 1 is 1.04 bits per heavy atom. The Morgan fingerprint density at radius 2 is 1.56 bits per heavy atom. The number of amides is 1. The maximum absolute atomic E-state index is 13.4. The average Bonchev–Trinajstić information content (AvgIpc) is 2.60. The number of halogens is 3. The largest absolute Gasteiger partial charge is 0.423 e. The highest BCUT2D eigenvalue weighted by Crippen LogP contribution is 2.38. The standard InChI is InChI=1S/C18H19F3N2O2/c19-18(20,21)17(25,14-9-5-2-6-10-14)12-23-16(24)15(22)11-13-7-3-1-4-8-13/h1-10,15,25H,11-12,22H2,(H,23,24)/t15-,17?/m0/s1. The molecule has 2 aromatic carbocycles. The summed E-state index contributed by atoms with van der Waals surface area (Å²) in [5.41, 5.74) is 3.01. The molecule has 2 atom stereocenters. The first-order chi connectivity index (χ1) is 11.7. The fraction of sp³-hybridized carbons (Fsp3) is 0.278. The Hall–Kier alpha value is -2.38. The molecule has 0 aliphatic heterocycles. The van der Waals surface area contributed by atoms with E-state index in [1.165, 1.54) is 18.2 Å². The second-order valence-corrected chi connectivity index (χ2v) is 5.74. The molecule has 0 aliphatic carbocycles. The van der Waals surface area contributed by atoms with Crippen LogP contribution in [0.5, 0.6) is 0 Å². The molecule has 0 bridgehead atoms. The van der Waals surface area contributed by atoms with Gasteiger partial charge in [0.15, 0.2) is 0 Å². The lowest BCUT2D eigenvalue weighted by atomic mass is 9.92. The summed E-state index contributed by atoms with van der Waals surface area (Å²) in [6.07, 6.45) is -4.77. The van der Waals surface area contributed by atoms with E-state index < -0.39 is 30.3 Å². The fourth-order valence-electron chi connectivity index (χ4n) is 2.39. The van der Waals surface area contributed by atoms with Crippen molar-refractivity contribution in [1.29, 1.82) is 0 Å². The number of alkyl halides is 3. The quantitative estimate of drug-likeness (QED) is 0.745. The minimum atomic E-state index is -4.95. The molecule has 0 saturated heterocycles. The van der Waals surface area contributed by atoms with E-state index in [2.05, 4.69) is 5.32 Å². The van der Waals surface area contributed by atoms with Gasteiger partial charge in [-0.1, -0.05) is 60.7 Å². The number of rotatable bonds is 6. The summed E-state index contributed by atoms with van der Waals surface area (Å²) in [6, 6.07) is 14.5. The molecular formula is C18H19F3N2O2. The zero-order valence-corrected chi connectivity index (χ0v) is 13.3. The predicted octanol–water partition coefficient (Wildman–Crippen LogP) is 2.12. The Bertz CT molecular complexity index is 692. The van der Waals surface area contributed by atoms with Crippen LogP contribution in [0.2, 0.25) is 0 Å². The molecule has 134 valence electrons. The van der Waals surface area contributed by atoms with Crippen molar-refractivity contribution >= 4 is 5.91 Å². The number of benzene rings is 2. The van der Waals surface area contributed by atoms with Crippen LogP contribution in [0.15, 0.2) is 60.7 Å². The summed E-state index contributed by atoms with van der Waals surface area (Å²) in [4.78, 5) is 12.0. The van der Waals surface area contributed by atoms with Crippen molar-refractivity contribution in [2.75, 3.05) is 6.54 Å². The number of aliphatic hydroxyl groups is 1. The van der Waals surface area contributed by atoms with Gasteiger partial charge in [0.05, 0.1) is 12.6 Å². The molecule has 0 aromatic heterocycles. The van der Waals surface area contributed by atoms with E-state index in [9.17, 15) is 23.1 Å². The SMILES string of the molecule is N[C@@H](Cc1ccccc1)C(=O)NCC(O)(c1ccccc1)C(F)(F)F. The number of hydrogen-bond donors (Lipinski definition) is 3. The van der Waals surface area contributed by atoms with E-state index >= 15 is 0 Å². The number of hydrogen-bond acceptors (Lipinski definition) is 3. The molecule has 7 heteroatoms. The highest BCUT2D eigenvalue weighted by atomic mass is 19.4. The van der Waals surface area contributed by atoms with Crippen LogP contribution in [0.25, 0.3) is 0 Å². The molecule has 1 unspecified atom stereocenters. The highest BCUT2D eigenvalue weighted by Gasteiger charge is 2.55. The zero-order valence-electron chi connectivity index (χ0n) is 13.3. The summed E-state index contributed by atoms with van der Waals surface area (Å²) >= 11 is 0. The van der Waals surface area contributed by atoms with Crippen molar-refractivity contribution in [2.45, 2.75) is 24.2 Å². The van der Waals surface area contributed by atoms with Crippen LogP contribution in [0.4, 0.5) is 13.2 Å². The molecule has 0 aliphatic rings. The van der Waals surface area contributed by atoms with Crippen molar-refractivity contribution in [3.63, 3.8) is 0 Å². The second-order valence-electron chi connectivity index (χ2n) is 5.74. The molecule has 0 heterocycles. The Kier molecular flexibility index (Phi) is 5.81. The minimum Gasteiger partial charge on any atom is -0.375 e. The van der Waals surface area contributed by atoms with Crippen LogP contribution in [0.1, 0.15) is 11.1 Å². The number of carbonyl (C=O) groups excluding carboxylic acids is 1. The third-order valence-corrected chi connectivity index (χ3v) is 3.87. The molecule has 0 spiro atoms. The van der Waals surface area contributed by atoms with Gasteiger partial charge in [-0.15, -0.1) is 0 Å². The second kappa shape index (κ2) is 7.67. The van der Waals surface area contributed by atoms with E-state index in [0.717, 1.165) is 17.7 Å². The fourth-order valence-corrected chi connectivity index (χ4v) is 2.39. The zero-order chi connectivity index (χ0) is 18.5. The molecule has 0 saturated carbocycles. The van der Waals surface area contributed by atoms with Gasteiger partial charge in [-0.25, -0.2) is 0 Å². The first-order valence-electron chi connectivity index (χ1n) is 7.66. The van der Waals surface area contributed by atoms with Gasteiger partial charge in [0, 0.05) is 0 Å². The predicted molar refractivity (Wildman–Crippen MR) is 87.5 cm³/mol. The molecular weight excluding hydrogens is 333 g/mol. The molecule has 25 heavy (non-hydrogen) atoms. The van der Waals surface area contributed by atoms with Gasteiger partial charge in [0.1, 0.15) is 0 Å². The van der Waals surface area contributed by atoms with E-state index in [1.54, 1.807) is 30.3 Å². The van der Waals surface area contributed by atoms with Crippen LogP contribution in [0.3, 0.4) is 0 Å². The Balaban J connectivity index is 2.07. The van der Waals surface area contributed by atoms with E-state index in [4.69, 9.17) is 5.73 Å². The van der Waals surface area contributed by atoms with Crippen molar-refractivity contribution in [3.8, 4) is 0 Å². The molecule has 0 radical (unpaired) electrons. The lowest BCUT2D eigenvalue weighted by molar-refractivity contribution is -0.264. The molecule has 0 fully saturated rings. The van der Waals surface area contributed by atoms with Crippen molar-refractivity contribution in [3.05, 3.63) is 71.8 Å². The summed E-state index contributed by atoms with van der Waals surface area (Å²) in [5.74, 6) is -0.762. The highest BCUT2D eigenvalue weighted by molar-refractivity contribution is 5.81. The van der Waals surface area contributed by atoms with Crippen molar-refractivity contribution in [1.82, 2.24) is 5.32 Å². The van der Waals surface area contributed by atoms with Crippen LogP contribution in [0, 0.1) is 0 Å². The van der Waals surface area contributed by atoms with Crippen LogP contribution in [-0.4, -0.2) is 29.8 Å². The summed E-state index contributed by atoms with van der Waals surface area (Å²) in [5, 5.41) is 12.3. The minimum absolute atomic E-state index is 0.183. The van der Waals surface area contributed by atoms with E-state index in [-0.39, 0.29) is 12.0 Å². The van der Waals surface area contributed by atoms with Gasteiger partial charge in [0.25, 0.3) is 0 Å². The monoisotopic (exact) mass is 352 g/mol. The van der Waals surface area contributed by atoms with Crippen LogP contribution >= 0.6 is 0 Å². The average molecular weight is 352 g/mol. The normalized spacial score (nSPS) is 15.2. The maximum atomic E-state index is 13.4. The third-order valence-electron chi connectivity index (χ3n) is 3.87. The number of carbonyl (C=O) groups is 1. The molecule has 2 aromatic rings. The first-order valence-corrected chi connectivity index (χ1v) is 7.66. The summed E-state index contributed by atoms with van der Waals surface area (Å²) in [7, 11) is 0. The first kappa shape index (κ1) is 19.0. The smallest absolute Gasteiger partial charge is 0.375 e. The maximum Gasteiger partial charge on any atom is 0.423 e. The van der Waals surface area contributed by atoms with Gasteiger partial charge in [-0.3, -0.25) is 4.79 Å². The molecule has 4 nitrogen and oxygen atoms in total. The number of nitrogens with one attached hydrogen (secondary N) is 1. The van der Waals surface area contributed by atoms with Gasteiger partial charge >= 0.3 is 6.18 Å². The van der Waals surface area contributed by atoms with E-state index in [0.29, 0.717) is 0 Å². The van der Waals surface area contributed by atoms with Gasteiger partial charge in [0.2, 0.25) is 11.5 Å². The summed E-state index contributed by atoms with van der Waals surface area (Å²) in [6.45, 7) is -1.01. The van der Waals surface area contributed by atoms with Gasteiger partial charge < -0.3 is 16.2 Å². The lowest BCUT2D eigenvalue weighted by Crippen LogP contribution is -2.53. The Morgan fingerprint density at radius 3 is 2.08 bits per heavy atom. The lowest BCUT2D eigenvalue weighted by Gasteiger charge is -2.31. The van der Waals surface area contributed by atoms with Crippen LogP contribution in [-0.2, 0) is 16.8 Å². The Labute approximate surface area is 143 Å².